The van der Waals surface area contributed by atoms with Crippen molar-refractivity contribution in [3.63, 3.8) is 0 Å². The molecule has 0 bridgehead atoms. The fourth-order valence-electron chi connectivity index (χ4n) is 3.79. The third-order valence-corrected chi connectivity index (χ3v) is 7.53. The average molecular weight is 510 g/mol. The molecule has 4 rings (SSSR count). The molecule has 4 aromatic rings. The van der Waals surface area contributed by atoms with E-state index in [4.69, 9.17) is 14.2 Å². The summed E-state index contributed by atoms with van der Waals surface area (Å²) in [6, 6.07) is 19.7. The first-order chi connectivity index (χ1) is 17.5. The van der Waals surface area contributed by atoms with Crippen LogP contribution in [0, 0.1) is 0 Å². The normalized spacial score (nSPS) is 11.4. The van der Waals surface area contributed by atoms with Gasteiger partial charge in [-0.1, -0.05) is 36.4 Å². The molecule has 10 nitrogen and oxygen atoms in total. The lowest BCUT2D eigenvalue weighted by Crippen LogP contribution is -2.32. The molecule has 0 amide bonds. The van der Waals surface area contributed by atoms with Gasteiger partial charge in [-0.15, -0.1) is 5.10 Å². The maximum Gasteiger partial charge on any atom is 0.243 e. The lowest BCUT2D eigenvalue weighted by Gasteiger charge is -2.23. The van der Waals surface area contributed by atoms with Gasteiger partial charge in [0.05, 0.1) is 26.2 Å². The number of nitrogens with zero attached hydrogens (tertiary/aromatic N) is 5. The SMILES string of the molecule is COc1ccc(CCN(Cc2ccccc2)S(=O)(=O)c2ccc(-n3cnnn3)c(OC)c2)cc1OC. The molecule has 0 unspecified atom stereocenters. The Morgan fingerprint density at radius 1 is 0.833 bits per heavy atom. The van der Waals surface area contributed by atoms with Crippen LogP contribution in [-0.2, 0) is 23.0 Å². The minimum atomic E-state index is -3.88. The largest absolute Gasteiger partial charge is 0.494 e. The van der Waals surface area contributed by atoms with E-state index in [1.165, 1.54) is 34.6 Å². The first-order valence-corrected chi connectivity index (χ1v) is 12.6. The summed E-state index contributed by atoms with van der Waals surface area (Å²) in [4.78, 5) is 0.111. The van der Waals surface area contributed by atoms with Gasteiger partial charge in [0.25, 0.3) is 0 Å². The maximum absolute atomic E-state index is 13.8. The highest BCUT2D eigenvalue weighted by Gasteiger charge is 2.26. The first kappa shape index (κ1) is 25.1. The summed E-state index contributed by atoms with van der Waals surface area (Å²) in [5.74, 6) is 1.54. The second-order valence-corrected chi connectivity index (χ2v) is 9.79. The van der Waals surface area contributed by atoms with E-state index < -0.39 is 10.0 Å². The number of tetrazole rings is 1. The topological polar surface area (TPSA) is 109 Å². The number of hydrogen-bond acceptors (Lipinski definition) is 8. The molecule has 0 spiro atoms. The Labute approximate surface area is 210 Å². The number of ether oxygens (including phenoxy) is 3. The zero-order chi connectivity index (χ0) is 25.5. The van der Waals surface area contributed by atoms with E-state index in [9.17, 15) is 8.42 Å². The third kappa shape index (κ3) is 5.47. The van der Waals surface area contributed by atoms with Gasteiger partial charge in [0.1, 0.15) is 17.8 Å². The second-order valence-electron chi connectivity index (χ2n) is 7.85. The molecule has 36 heavy (non-hydrogen) atoms. The number of rotatable bonds is 11. The van der Waals surface area contributed by atoms with Crippen molar-refractivity contribution in [2.45, 2.75) is 17.9 Å². The highest BCUT2D eigenvalue weighted by Crippen LogP contribution is 2.30. The molecule has 1 aromatic heterocycles. The molecular weight excluding hydrogens is 482 g/mol. The predicted molar refractivity (Wildman–Crippen MR) is 133 cm³/mol. The van der Waals surface area contributed by atoms with E-state index in [0.717, 1.165) is 11.1 Å². The Morgan fingerprint density at radius 2 is 1.58 bits per heavy atom. The smallest absolute Gasteiger partial charge is 0.243 e. The molecule has 0 aliphatic heterocycles. The summed E-state index contributed by atoms with van der Waals surface area (Å²) in [7, 11) is 0.735. The van der Waals surface area contributed by atoms with Crippen molar-refractivity contribution in [2.75, 3.05) is 27.9 Å². The van der Waals surface area contributed by atoms with Gasteiger partial charge in [0, 0.05) is 19.2 Å². The molecule has 0 aliphatic rings. The zero-order valence-electron chi connectivity index (χ0n) is 20.2. The molecule has 0 atom stereocenters. The Kier molecular flexibility index (Phi) is 7.81. The summed E-state index contributed by atoms with van der Waals surface area (Å²) in [5, 5.41) is 11.1. The fraction of sp³-hybridized carbons (Fsp3) is 0.240. The fourth-order valence-corrected chi connectivity index (χ4v) is 5.23. The van der Waals surface area contributed by atoms with Crippen LogP contribution in [0.15, 0.2) is 78.0 Å². The van der Waals surface area contributed by atoms with Gasteiger partial charge in [-0.25, -0.2) is 8.42 Å². The van der Waals surface area contributed by atoms with Gasteiger partial charge in [0.2, 0.25) is 10.0 Å². The predicted octanol–water partition coefficient (Wildman–Crippen LogP) is 3.12. The molecular formula is C25H27N5O5S. The lowest BCUT2D eigenvalue weighted by molar-refractivity contribution is 0.354. The highest BCUT2D eigenvalue weighted by molar-refractivity contribution is 7.89. The minimum absolute atomic E-state index is 0.111. The van der Waals surface area contributed by atoms with Gasteiger partial charge in [-0.05, 0) is 52.2 Å². The molecule has 188 valence electrons. The van der Waals surface area contributed by atoms with Crippen LogP contribution in [0.2, 0.25) is 0 Å². The van der Waals surface area contributed by atoms with Gasteiger partial charge in [-0.2, -0.15) is 8.99 Å². The van der Waals surface area contributed by atoms with Crippen molar-refractivity contribution >= 4 is 10.0 Å². The second kappa shape index (κ2) is 11.2. The van der Waals surface area contributed by atoms with E-state index in [1.807, 2.05) is 48.5 Å². The van der Waals surface area contributed by atoms with Gasteiger partial charge in [0.15, 0.2) is 11.5 Å². The monoisotopic (exact) mass is 509 g/mol. The van der Waals surface area contributed by atoms with Crippen molar-refractivity contribution in [1.82, 2.24) is 24.5 Å². The first-order valence-electron chi connectivity index (χ1n) is 11.1. The highest BCUT2D eigenvalue weighted by atomic mass is 32.2. The quantitative estimate of drug-likeness (QED) is 0.303. The van der Waals surface area contributed by atoms with Crippen LogP contribution in [0.4, 0.5) is 0 Å². The average Bonchev–Trinajstić information content (AvgIpc) is 3.45. The number of hydrogen-bond donors (Lipinski definition) is 0. The van der Waals surface area contributed by atoms with E-state index in [1.54, 1.807) is 20.3 Å². The summed E-state index contributed by atoms with van der Waals surface area (Å²) in [6.07, 6.45) is 1.89. The molecule has 0 saturated heterocycles. The van der Waals surface area contributed by atoms with E-state index >= 15 is 0 Å². The molecule has 0 saturated carbocycles. The van der Waals surface area contributed by atoms with Crippen LogP contribution >= 0.6 is 0 Å². The Bertz CT molecular complexity index is 1400. The van der Waals surface area contributed by atoms with Crippen molar-refractivity contribution in [3.05, 3.63) is 84.2 Å². The number of aromatic nitrogens is 4. The van der Waals surface area contributed by atoms with Crippen LogP contribution in [0.1, 0.15) is 11.1 Å². The molecule has 0 radical (unpaired) electrons. The van der Waals surface area contributed by atoms with Crippen LogP contribution in [0.5, 0.6) is 17.2 Å². The van der Waals surface area contributed by atoms with Crippen molar-refractivity contribution in [1.29, 1.82) is 0 Å². The molecule has 0 fully saturated rings. The van der Waals surface area contributed by atoms with Crippen LogP contribution in [0.3, 0.4) is 0 Å². The van der Waals surface area contributed by atoms with Gasteiger partial charge in [-0.3, -0.25) is 0 Å². The standard InChI is InChI=1S/C25H27N5O5S/c1-33-23-12-9-19(15-25(23)35-3)13-14-29(17-20-7-5-4-6-8-20)36(31,32)21-10-11-22(24(16-21)34-2)30-18-26-27-28-30/h4-12,15-16,18H,13-14,17H2,1-3H3. The molecule has 11 heteroatoms. The van der Waals surface area contributed by atoms with E-state index in [0.29, 0.717) is 29.4 Å². The minimum Gasteiger partial charge on any atom is -0.494 e. The Hall–Kier alpha value is -3.96. The van der Waals surface area contributed by atoms with Crippen LogP contribution in [-0.4, -0.2) is 60.8 Å². The summed E-state index contributed by atoms with van der Waals surface area (Å²) in [5.41, 5.74) is 2.33. The van der Waals surface area contributed by atoms with E-state index in [2.05, 4.69) is 15.5 Å². The van der Waals surface area contributed by atoms with Crippen LogP contribution in [0.25, 0.3) is 5.69 Å². The Morgan fingerprint density at radius 3 is 2.25 bits per heavy atom. The maximum atomic E-state index is 13.8. The number of methoxy groups -OCH3 is 3. The van der Waals surface area contributed by atoms with Crippen molar-refractivity contribution in [2.24, 2.45) is 0 Å². The summed E-state index contributed by atoms with van der Waals surface area (Å²) >= 11 is 0. The number of benzene rings is 3. The van der Waals surface area contributed by atoms with E-state index in [-0.39, 0.29) is 18.0 Å². The van der Waals surface area contributed by atoms with Crippen LogP contribution < -0.4 is 14.2 Å². The van der Waals surface area contributed by atoms with Crippen molar-refractivity contribution < 1.29 is 22.6 Å². The number of sulfonamides is 1. The molecule has 0 N–H and O–H groups in total. The molecule has 0 aliphatic carbocycles. The summed E-state index contributed by atoms with van der Waals surface area (Å²) < 4.78 is 46.7. The third-order valence-electron chi connectivity index (χ3n) is 5.68. The van der Waals surface area contributed by atoms with Gasteiger partial charge < -0.3 is 14.2 Å². The zero-order valence-corrected chi connectivity index (χ0v) is 21.1. The van der Waals surface area contributed by atoms with Gasteiger partial charge >= 0.3 is 0 Å². The molecule has 1 heterocycles. The van der Waals surface area contributed by atoms with Crippen molar-refractivity contribution in [3.8, 4) is 22.9 Å². The molecule has 3 aromatic carbocycles. The summed E-state index contributed by atoms with van der Waals surface area (Å²) in [6.45, 7) is 0.470. The lowest BCUT2D eigenvalue weighted by atomic mass is 10.1. The Balaban J connectivity index is 1.65.